The van der Waals surface area contributed by atoms with E-state index in [0.29, 0.717) is 11.4 Å². The van der Waals surface area contributed by atoms with Crippen LogP contribution in [-0.4, -0.2) is 16.9 Å². The number of hydrogen-bond acceptors (Lipinski definition) is 3. The minimum Gasteiger partial charge on any atom is -0.434 e. The molecule has 0 spiro atoms. The Bertz CT molecular complexity index is 3020. The molecule has 0 saturated heterocycles. The van der Waals surface area contributed by atoms with Crippen LogP contribution in [0.25, 0.3) is 0 Å². The van der Waals surface area contributed by atoms with Gasteiger partial charge in [0.15, 0.2) is 6.20 Å². The van der Waals surface area contributed by atoms with Gasteiger partial charge in [-0.05, 0) is 56.2 Å². The van der Waals surface area contributed by atoms with Crippen LogP contribution in [0.15, 0.2) is 134 Å². The van der Waals surface area contributed by atoms with Crippen LogP contribution in [0.2, 0.25) is 0 Å². The molecule has 4 nitrogen and oxygen atoms in total. The first kappa shape index (κ1) is 63.4. The first-order valence-corrected chi connectivity index (χ1v) is 22.8. The molecule has 29 heteroatoms. The van der Waals surface area contributed by atoms with Crippen molar-refractivity contribution in [3.8, 4) is 11.6 Å². The number of hydrogen-bond donors (Lipinski definition) is 0. The van der Waals surface area contributed by atoms with Gasteiger partial charge in [0.2, 0.25) is 18.5 Å². The maximum Gasteiger partial charge on any atom is 0.416 e. The second-order valence-electron chi connectivity index (χ2n) is 18.4. The molecule has 82 heavy (non-hydrogen) atoms. The minimum atomic E-state index is -6.13. The number of nitrogens with zero attached hydrogens (tertiary/aromatic N) is 2. The molecule has 0 radical (unpaired) electrons. The monoisotopic (exact) mass is 1200 g/mol. The molecule has 7 aromatic rings. The number of rotatable bonds is 9. The molecular weight excluding hydrogens is 1160 g/mol. The summed E-state index contributed by atoms with van der Waals surface area (Å²) >= 11 is 0. The highest BCUT2D eigenvalue weighted by Crippen LogP contribution is 2.42. The molecule has 0 aliphatic carbocycles. The highest BCUT2D eigenvalue weighted by Gasteiger charge is 2.47. The number of ether oxygens (including phenoxy) is 1. The molecule has 1 aromatic heterocycles. The average Bonchev–Trinajstić information content (AvgIpc) is 2.55. The van der Waals surface area contributed by atoms with E-state index in [1.165, 1.54) is 5.56 Å². The van der Waals surface area contributed by atoms with E-state index < -0.39 is 195 Å². The normalized spacial score (nSPS) is 13.2. The van der Waals surface area contributed by atoms with Crippen molar-refractivity contribution in [3.05, 3.63) is 201 Å². The van der Waals surface area contributed by atoms with Gasteiger partial charge in [-0.1, -0.05) is 96.6 Å². The van der Waals surface area contributed by atoms with Gasteiger partial charge in [-0.3, -0.25) is 4.79 Å². The lowest BCUT2D eigenvalue weighted by molar-refractivity contribution is -0.683. The molecule has 1 heterocycles. The molecule has 0 atom stereocenters. The van der Waals surface area contributed by atoms with Gasteiger partial charge in [0.1, 0.15) is 11.9 Å². The molecule has 0 unspecified atom stereocenters. The van der Waals surface area contributed by atoms with Gasteiger partial charge in [0.25, 0.3) is 5.88 Å². The fourth-order valence-corrected chi connectivity index (χ4v) is 8.95. The fourth-order valence-electron chi connectivity index (χ4n) is 8.95. The van der Waals surface area contributed by atoms with Gasteiger partial charge in [0.05, 0.1) is 50.7 Å². The van der Waals surface area contributed by atoms with E-state index >= 15 is 0 Å². The van der Waals surface area contributed by atoms with Crippen LogP contribution < -0.4 is 31.2 Å². The van der Waals surface area contributed by atoms with Crippen molar-refractivity contribution in [1.82, 2.24) is 4.98 Å². The molecule has 0 N–H and O–H groups in total. The second-order valence-corrected chi connectivity index (χ2v) is 18.4. The zero-order valence-electron chi connectivity index (χ0n) is 41.3. The van der Waals surface area contributed by atoms with E-state index in [1.54, 1.807) is 23.2 Å². The van der Waals surface area contributed by atoms with E-state index in [2.05, 4.69) is 24.0 Å². The molecule has 0 aliphatic heterocycles. The average molecular weight is 1200 g/mol. The van der Waals surface area contributed by atoms with Crippen molar-refractivity contribution >= 4 is 33.8 Å². The van der Waals surface area contributed by atoms with Crippen molar-refractivity contribution in [3.63, 3.8) is 0 Å². The molecule has 7 rings (SSSR count). The predicted molar refractivity (Wildman–Crippen MR) is 246 cm³/mol. The lowest BCUT2D eigenvalue weighted by atomic mass is 9.12. The van der Waals surface area contributed by atoms with Gasteiger partial charge in [-0.15, -0.1) is 0 Å². The first-order chi connectivity index (χ1) is 37.3. The van der Waals surface area contributed by atoms with Crippen molar-refractivity contribution in [2.75, 3.05) is 0 Å². The summed E-state index contributed by atoms with van der Waals surface area (Å²) < 4.78 is 349. The number of benzene rings is 6. The lowest BCUT2D eigenvalue weighted by Crippen LogP contribution is -2.75. The Morgan fingerprint density at radius 2 is 0.707 bits per heavy atom. The molecule has 438 valence electrons. The number of aromatic nitrogens is 2. The zero-order chi connectivity index (χ0) is 61.7. The first-order valence-electron chi connectivity index (χ1n) is 22.8. The maximum absolute atomic E-state index is 14.2. The van der Waals surface area contributed by atoms with Gasteiger partial charge < -0.3 is 4.74 Å². The van der Waals surface area contributed by atoms with E-state index in [1.807, 2.05) is 44.2 Å². The van der Waals surface area contributed by atoms with Crippen LogP contribution in [0.5, 0.6) is 11.6 Å². The topological polar surface area (TPSA) is 43.1 Å². The SMILES string of the molecule is Cc1cc(C)c(Oc2c[n+](CC(=O)c3ccccc3)ccn2)c(C)c1.FC(F)(F)c1cc([B-](c2cc(C(F)(F)F)cc(C(F)(F)F)c2)(c2cc(C(F)(F)F)cc(C(F)(F)F)c2)c2cc(C(F)(F)F)cc(C(F)(F)F)c2)cc(C(F)(F)F)c1. The zero-order valence-corrected chi connectivity index (χ0v) is 41.3. The molecule has 0 fully saturated rings. The predicted octanol–water partition coefficient (Wildman–Crippen LogP) is 15.2. The Hall–Kier alpha value is -7.75. The van der Waals surface area contributed by atoms with Gasteiger partial charge in [0, 0.05) is 5.56 Å². The molecule has 6 aromatic carbocycles. The van der Waals surface area contributed by atoms with E-state index in [-0.39, 0.29) is 12.3 Å². The number of aryl methyl sites for hydroxylation is 3. The maximum atomic E-state index is 14.2. The number of alkyl halides is 24. The second kappa shape index (κ2) is 22.2. The largest absolute Gasteiger partial charge is 0.434 e. The van der Waals surface area contributed by atoms with Gasteiger partial charge in [-0.25, -0.2) is 4.98 Å². The third-order valence-electron chi connectivity index (χ3n) is 12.4. The number of Topliss-reactive ketones (excluding diaryl/α,β-unsaturated/α-hetero) is 1. The third kappa shape index (κ3) is 14.6. The molecule has 0 saturated carbocycles. The summed E-state index contributed by atoms with van der Waals surface area (Å²) in [5.41, 5.74) is -26.2. The summed E-state index contributed by atoms with van der Waals surface area (Å²) in [5.74, 6) is 1.33. The quantitative estimate of drug-likeness (QED) is 0.0626. The number of halogens is 24. The Morgan fingerprint density at radius 3 is 0.976 bits per heavy atom. The Balaban J connectivity index is 0.000000357. The van der Waals surface area contributed by atoms with Crippen molar-refractivity contribution < 1.29 is 119 Å². The van der Waals surface area contributed by atoms with Crippen LogP contribution in [0.1, 0.15) is 71.6 Å². The van der Waals surface area contributed by atoms with Gasteiger partial charge >= 0.3 is 49.4 Å². The lowest BCUT2D eigenvalue weighted by Gasteiger charge is -2.46. The highest BCUT2D eigenvalue weighted by atomic mass is 19.4. The van der Waals surface area contributed by atoms with E-state index in [0.717, 1.165) is 16.9 Å². The Morgan fingerprint density at radius 1 is 0.427 bits per heavy atom. The molecule has 0 amide bonds. The highest BCUT2D eigenvalue weighted by molar-refractivity contribution is 7.20. The summed E-state index contributed by atoms with van der Waals surface area (Å²) in [5, 5.41) is 0. The van der Waals surface area contributed by atoms with Crippen molar-refractivity contribution in [2.45, 2.75) is 76.7 Å². The van der Waals surface area contributed by atoms with Crippen LogP contribution in [0.4, 0.5) is 105 Å². The third-order valence-corrected chi connectivity index (χ3v) is 12.4. The summed E-state index contributed by atoms with van der Waals surface area (Å²) in [6.45, 7) is 6.35. The number of carbonyl (C=O) groups is 1. The van der Waals surface area contributed by atoms with Crippen molar-refractivity contribution in [1.29, 1.82) is 0 Å². The minimum absolute atomic E-state index is 0.0467. The summed E-state index contributed by atoms with van der Waals surface area (Å²) in [6.07, 6.45) is -49.6. The van der Waals surface area contributed by atoms with Crippen LogP contribution >= 0.6 is 0 Å². The van der Waals surface area contributed by atoms with Crippen molar-refractivity contribution in [2.24, 2.45) is 0 Å². The Kier molecular flexibility index (Phi) is 17.2. The van der Waals surface area contributed by atoms with E-state index in [9.17, 15) is 110 Å². The van der Waals surface area contributed by atoms with E-state index in [4.69, 9.17) is 4.74 Å². The summed E-state index contributed by atoms with van der Waals surface area (Å²) in [7, 11) is 0. The van der Waals surface area contributed by atoms with Crippen LogP contribution in [0.3, 0.4) is 0 Å². The Labute approximate surface area is 446 Å². The smallest absolute Gasteiger partial charge is 0.416 e. The number of carbonyl (C=O) groups excluding carboxylic acids is 1. The molecular formula is C53H33BF24N2O2. The molecule has 0 bridgehead atoms. The van der Waals surface area contributed by atoms with Crippen LogP contribution in [-0.2, 0) is 56.0 Å². The number of ketones is 1. The van der Waals surface area contributed by atoms with Gasteiger partial charge in [-0.2, -0.15) is 132 Å². The summed E-state index contributed by atoms with van der Waals surface area (Å²) in [4.78, 5) is 16.6. The van der Waals surface area contributed by atoms with Crippen LogP contribution in [0, 0.1) is 20.8 Å². The molecule has 0 aliphatic rings. The standard InChI is InChI=1S/C32H12BF24.C21H21N2O2/c34-25(35,36)13-1-14(26(37,38)39)6-21(5-13)33(22-7-15(27(40,41)42)2-16(8-22)28(43,44)45,23-9-17(29(46,47)48)3-18(10-23)30(49,50)51)24-11-19(31(52,53)54)4-20(12-24)32(55,56)57;1-15-11-16(2)21(17(3)12-15)25-20-14-23(10-9-22-20)13-19(24)18-7-5-4-6-8-18/h1-12H;4-12,14H,13H2,1-3H3/q-1;+1. The fraction of sp³-hybridized carbons (Fsp3) is 0.226. The summed E-state index contributed by atoms with van der Waals surface area (Å²) in [6, 6.07) is 4.62.